The molecule has 128 valence electrons. The van der Waals surface area contributed by atoms with Crippen molar-refractivity contribution < 1.29 is 9.21 Å². The molecular weight excluding hydrogens is 316 g/mol. The molecule has 0 saturated carbocycles. The predicted octanol–water partition coefficient (Wildman–Crippen LogP) is 3.80. The molecular formula is C19H20N4O2. The first-order valence-corrected chi connectivity index (χ1v) is 8.20. The fraction of sp³-hybridized carbons (Fsp3) is 0.211. The second kappa shape index (κ2) is 8.10. The third kappa shape index (κ3) is 4.91. The van der Waals surface area contributed by atoms with Crippen LogP contribution in [-0.2, 0) is 6.42 Å². The van der Waals surface area contributed by atoms with Gasteiger partial charge in [0.1, 0.15) is 0 Å². The molecule has 0 radical (unpaired) electrons. The Morgan fingerprint density at radius 1 is 1.04 bits per heavy atom. The number of nitrogens with one attached hydrogen (secondary N) is 2. The lowest BCUT2D eigenvalue weighted by atomic mass is 10.1. The number of aryl methyl sites for hydroxylation is 2. The van der Waals surface area contributed by atoms with Crippen molar-refractivity contribution in [1.82, 2.24) is 15.5 Å². The summed E-state index contributed by atoms with van der Waals surface area (Å²) in [5.74, 6) is 0.987. The van der Waals surface area contributed by atoms with Gasteiger partial charge in [-0.25, -0.2) is 4.79 Å². The Balaban J connectivity index is 1.43. The van der Waals surface area contributed by atoms with Crippen molar-refractivity contribution in [3.8, 4) is 11.5 Å². The summed E-state index contributed by atoms with van der Waals surface area (Å²) in [5, 5.41) is 13.4. The van der Waals surface area contributed by atoms with Gasteiger partial charge in [-0.05, 0) is 42.7 Å². The molecule has 0 unspecified atom stereocenters. The topological polar surface area (TPSA) is 80.0 Å². The Bertz CT molecular complexity index is 813. The Morgan fingerprint density at radius 2 is 1.80 bits per heavy atom. The van der Waals surface area contributed by atoms with Crippen LogP contribution in [0.2, 0.25) is 0 Å². The molecule has 0 saturated heterocycles. The van der Waals surface area contributed by atoms with Gasteiger partial charge >= 0.3 is 6.03 Å². The van der Waals surface area contributed by atoms with Gasteiger partial charge < -0.3 is 15.1 Å². The first-order chi connectivity index (χ1) is 12.2. The highest BCUT2D eigenvalue weighted by Gasteiger charge is 2.06. The van der Waals surface area contributed by atoms with E-state index in [0.717, 1.165) is 18.4 Å². The van der Waals surface area contributed by atoms with Crippen molar-refractivity contribution in [2.24, 2.45) is 0 Å². The SMILES string of the molecule is Cc1nnc(-c2ccc(NC(=O)NCCCc3ccccc3)cc2)o1. The molecule has 3 aromatic rings. The van der Waals surface area contributed by atoms with Crippen LogP contribution in [0.4, 0.5) is 10.5 Å². The number of benzene rings is 2. The molecule has 0 atom stereocenters. The van der Waals surface area contributed by atoms with Crippen LogP contribution in [0.1, 0.15) is 17.9 Å². The quantitative estimate of drug-likeness (QED) is 0.671. The Labute approximate surface area is 146 Å². The first-order valence-electron chi connectivity index (χ1n) is 8.20. The van der Waals surface area contributed by atoms with Crippen molar-refractivity contribution in [3.63, 3.8) is 0 Å². The maximum Gasteiger partial charge on any atom is 0.319 e. The number of anilines is 1. The van der Waals surface area contributed by atoms with Crippen LogP contribution in [0.15, 0.2) is 59.0 Å². The van der Waals surface area contributed by atoms with Gasteiger partial charge in [0.15, 0.2) is 0 Å². The largest absolute Gasteiger partial charge is 0.421 e. The molecule has 1 aromatic heterocycles. The summed E-state index contributed by atoms with van der Waals surface area (Å²) in [6.45, 7) is 2.37. The molecule has 0 bridgehead atoms. The highest BCUT2D eigenvalue weighted by atomic mass is 16.4. The lowest BCUT2D eigenvalue weighted by Gasteiger charge is -2.08. The number of hydrogen-bond acceptors (Lipinski definition) is 4. The fourth-order valence-electron chi connectivity index (χ4n) is 2.42. The van der Waals surface area contributed by atoms with E-state index in [4.69, 9.17) is 4.42 Å². The summed E-state index contributed by atoms with van der Waals surface area (Å²) in [6.07, 6.45) is 1.84. The van der Waals surface area contributed by atoms with Gasteiger partial charge in [-0.1, -0.05) is 30.3 Å². The highest BCUT2D eigenvalue weighted by Crippen LogP contribution is 2.19. The zero-order valence-electron chi connectivity index (χ0n) is 14.0. The Hall–Kier alpha value is -3.15. The average Bonchev–Trinajstić information content (AvgIpc) is 3.07. The zero-order valence-corrected chi connectivity index (χ0v) is 14.0. The average molecular weight is 336 g/mol. The van der Waals surface area contributed by atoms with Gasteiger partial charge in [-0.15, -0.1) is 10.2 Å². The number of aromatic nitrogens is 2. The number of hydrogen-bond donors (Lipinski definition) is 2. The lowest BCUT2D eigenvalue weighted by molar-refractivity contribution is 0.252. The predicted molar refractivity (Wildman–Crippen MR) is 96.3 cm³/mol. The van der Waals surface area contributed by atoms with Crippen molar-refractivity contribution in [1.29, 1.82) is 0 Å². The fourth-order valence-corrected chi connectivity index (χ4v) is 2.42. The van der Waals surface area contributed by atoms with E-state index in [0.29, 0.717) is 24.0 Å². The number of nitrogens with zero attached hydrogens (tertiary/aromatic N) is 2. The smallest absolute Gasteiger partial charge is 0.319 e. The van der Waals surface area contributed by atoms with E-state index < -0.39 is 0 Å². The number of urea groups is 1. The minimum atomic E-state index is -0.213. The van der Waals surface area contributed by atoms with Crippen LogP contribution in [0.5, 0.6) is 0 Å². The van der Waals surface area contributed by atoms with Gasteiger partial charge in [-0.3, -0.25) is 0 Å². The van der Waals surface area contributed by atoms with E-state index in [1.165, 1.54) is 5.56 Å². The molecule has 3 rings (SSSR count). The highest BCUT2D eigenvalue weighted by molar-refractivity contribution is 5.89. The molecule has 0 spiro atoms. The second-order valence-corrected chi connectivity index (χ2v) is 5.67. The molecule has 0 aliphatic heterocycles. The van der Waals surface area contributed by atoms with Crippen molar-refractivity contribution in [3.05, 3.63) is 66.1 Å². The zero-order chi connectivity index (χ0) is 17.5. The van der Waals surface area contributed by atoms with Crippen LogP contribution < -0.4 is 10.6 Å². The number of carbonyl (C=O) groups excluding carboxylic acids is 1. The standard InChI is InChI=1S/C19H20N4O2/c1-14-22-23-18(25-14)16-9-11-17(12-10-16)21-19(24)20-13-5-8-15-6-3-2-4-7-15/h2-4,6-7,9-12H,5,8,13H2,1H3,(H2,20,21,24). The van der Waals surface area contributed by atoms with Gasteiger partial charge in [0, 0.05) is 24.7 Å². The van der Waals surface area contributed by atoms with Gasteiger partial charge in [0.2, 0.25) is 11.8 Å². The third-order valence-corrected chi connectivity index (χ3v) is 3.69. The monoisotopic (exact) mass is 336 g/mol. The number of rotatable bonds is 6. The molecule has 2 amide bonds. The van der Waals surface area contributed by atoms with E-state index in [9.17, 15) is 4.79 Å². The van der Waals surface area contributed by atoms with Crippen molar-refractivity contribution in [2.45, 2.75) is 19.8 Å². The summed E-state index contributed by atoms with van der Waals surface area (Å²) in [7, 11) is 0. The van der Waals surface area contributed by atoms with Crippen LogP contribution in [0, 0.1) is 6.92 Å². The molecule has 2 N–H and O–H groups in total. The van der Waals surface area contributed by atoms with E-state index in [-0.39, 0.29) is 6.03 Å². The van der Waals surface area contributed by atoms with Crippen LogP contribution in [-0.4, -0.2) is 22.8 Å². The van der Waals surface area contributed by atoms with E-state index in [1.54, 1.807) is 19.1 Å². The Morgan fingerprint density at radius 3 is 2.48 bits per heavy atom. The summed E-state index contributed by atoms with van der Waals surface area (Å²) in [5.41, 5.74) is 2.80. The van der Waals surface area contributed by atoms with E-state index >= 15 is 0 Å². The molecule has 25 heavy (non-hydrogen) atoms. The third-order valence-electron chi connectivity index (χ3n) is 3.69. The van der Waals surface area contributed by atoms with Crippen LogP contribution in [0.25, 0.3) is 11.5 Å². The summed E-state index contributed by atoms with van der Waals surface area (Å²) >= 11 is 0. The number of carbonyl (C=O) groups is 1. The second-order valence-electron chi connectivity index (χ2n) is 5.67. The molecule has 0 aliphatic rings. The molecule has 6 heteroatoms. The van der Waals surface area contributed by atoms with Crippen molar-refractivity contribution in [2.75, 3.05) is 11.9 Å². The van der Waals surface area contributed by atoms with E-state index in [2.05, 4.69) is 33.0 Å². The maximum atomic E-state index is 11.9. The van der Waals surface area contributed by atoms with E-state index in [1.807, 2.05) is 30.3 Å². The molecule has 0 aliphatic carbocycles. The maximum absolute atomic E-state index is 11.9. The first kappa shape index (κ1) is 16.7. The van der Waals surface area contributed by atoms with Crippen molar-refractivity contribution >= 4 is 11.7 Å². The Kier molecular flexibility index (Phi) is 5.41. The lowest BCUT2D eigenvalue weighted by Crippen LogP contribution is -2.29. The van der Waals surface area contributed by atoms with Crippen LogP contribution >= 0.6 is 0 Å². The van der Waals surface area contributed by atoms with Crippen LogP contribution in [0.3, 0.4) is 0 Å². The molecule has 6 nitrogen and oxygen atoms in total. The molecule has 2 aromatic carbocycles. The number of amides is 2. The normalized spacial score (nSPS) is 10.4. The van der Waals surface area contributed by atoms with Gasteiger partial charge in [0.25, 0.3) is 0 Å². The molecule has 1 heterocycles. The minimum Gasteiger partial charge on any atom is -0.421 e. The summed E-state index contributed by atoms with van der Waals surface area (Å²) < 4.78 is 5.37. The van der Waals surface area contributed by atoms with Gasteiger partial charge in [0.05, 0.1) is 0 Å². The summed E-state index contributed by atoms with van der Waals surface area (Å²) in [6, 6.07) is 17.3. The molecule has 0 fully saturated rings. The minimum absolute atomic E-state index is 0.213. The van der Waals surface area contributed by atoms with Gasteiger partial charge in [-0.2, -0.15) is 0 Å². The summed E-state index contributed by atoms with van der Waals surface area (Å²) in [4.78, 5) is 11.9.